The lowest BCUT2D eigenvalue weighted by Gasteiger charge is -2.19. The Labute approximate surface area is 160 Å². The molecule has 7 heteroatoms. The zero-order valence-electron chi connectivity index (χ0n) is 15.4. The summed E-state index contributed by atoms with van der Waals surface area (Å²) in [7, 11) is -1.99. The molecule has 1 amide bonds. The van der Waals surface area contributed by atoms with Crippen LogP contribution in [-0.2, 0) is 10.0 Å². The number of nitrogens with one attached hydrogen (secondary N) is 2. The topological polar surface area (TPSA) is 84.5 Å². The van der Waals surface area contributed by atoms with Gasteiger partial charge in [0.05, 0.1) is 18.0 Å². The van der Waals surface area contributed by atoms with E-state index in [1.807, 2.05) is 24.3 Å². The maximum absolute atomic E-state index is 12.8. The first-order valence-corrected chi connectivity index (χ1v) is 10.5. The van der Waals surface area contributed by atoms with Gasteiger partial charge < -0.3 is 10.1 Å². The zero-order valence-corrected chi connectivity index (χ0v) is 16.3. The second-order valence-corrected chi connectivity index (χ2v) is 8.36. The molecule has 2 aromatic carbocycles. The van der Waals surface area contributed by atoms with Crippen LogP contribution in [0.2, 0.25) is 0 Å². The Morgan fingerprint density at radius 2 is 1.89 bits per heavy atom. The number of benzene rings is 2. The maximum Gasteiger partial charge on any atom is 0.251 e. The van der Waals surface area contributed by atoms with Crippen molar-refractivity contribution in [3.05, 3.63) is 59.7 Å². The first kappa shape index (κ1) is 19.4. The minimum Gasteiger partial charge on any atom is -0.497 e. The van der Waals surface area contributed by atoms with Crippen molar-refractivity contribution in [3.63, 3.8) is 0 Å². The Morgan fingerprint density at radius 3 is 2.48 bits per heavy atom. The van der Waals surface area contributed by atoms with E-state index in [0.717, 1.165) is 24.2 Å². The fourth-order valence-corrected chi connectivity index (χ4v) is 4.10. The number of methoxy groups -OCH3 is 1. The normalized spacial score (nSPS) is 15.2. The van der Waals surface area contributed by atoms with Gasteiger partial charge in [-0.2, -0.15) is 0 Å². The van der Waals surface area contributed by atoms with E-state index in [2.05, 4.69) is 10.0 Å². The number of rotatable bonds is 8. The lowest BCUT2D eigenvalue weighted by atomic mass is 10.0. The Kier molecular flexibility index (Phi) is 5.82. The molecule has 6 nitrogen and oxygen atoms in total. The van der Waals surface area contributed by atoms with Gasteiger partial charge in [0.2, 0.25) is 10.0 Å². The van der Waals surface area contributed by atoms with E-state index >= 15 is 0 Å². The van der Waals surface area contributed by atoms with Crippen molar-refractivity contribution in [3.8, 4) is 5.75 Å². The Balaban J connectivity index is 1.80. The zero-order chi connectivity index (χ0) is 19.4. The van der Waals surface area contributed by atoms with Crippen LogP contribution in [0.15, 0.2) is 53.4 Å². The van der Waals surface area contributed by atoms with Gasteiger partial charge in [-0.1, -0.05) is 25.1 Å². The van der Waals surface area contributed by atoms with E-state index in [1.54, 1.807) is 26.2 Å². The summed E-state index contributed by atoms with van der Waals surface area (Å²) in [6.07, 6.45) is 2.12. The Bertz CT molecular complexity index is 906. The summed E-state index contributed by atoms with van der Waals surface area (Å²) in [6.45, 7) is 2.00. The highest BCUT2D eigenvalue weighted by atomic mass is 32.2. The van der Waals surface area contributed by atoms with Gasteiger partial charge in [0.1, 0.15) is 5.75 Å². The molecule has 3 rings (SSSR count). The summed E-state index contributed by atoms with van der Waals surface area (Å²) < 4.78 is 32.0. The highest BCUT2D eigenvalue weighted by Crippen LogP contribution is 2.41. The molecular weight excluding hydrogens is 364 g/mol. The molecule has 0 bridgehead atoms. The third kappa shape index (κ3) is 4.67. The van der Waals surface area contributed by atoms with Gasteiger partial charge in [-0.25, -0.2) is 13.1 Å². The molecule has 0 heterocycles. The van der Waals surface area contributed by atoms with Crippen LogP contribution >= 0.6 is 0 Å². The van der Waals surface area contributed by atoms with Crippen molar-refractivity contribution in [2.45, 2.75) is 30.7 Å². The molecule has 1 atom stereocenters. The standard InChI is InChI=1S/C20H24N2O4S/c1-3-21-27(24,25)18-6-4-5-16(13-18)20(23)22-19(14-7-8-14)15-9-11-17(26-2)12-10-15/h4-6,9-14,19,21H,3,7-8H2,1-2H3,(H,22,23). The maximum atomic E-state index is 12.8. The molecule has 0 saturated heterocycles. The molecule has 1 unspecified atom stereocenters. The van der Waals surface area contributed by atoms with Gasteiger partial charge in [0.25, 0.3) is 5.91 Å². The van der Waals surface area contributed by atoms with Crippen molar-refractivity contribution in [1.82, 2.24) is 10.0 Å². The molecule has 1 fully saturated rings. The Morgan fingerprint density at radius 1 is 1.19 bits per heavy atom. The molecule has 144 valence electrons. The monoisotopic (exact) mass is 388 g/mol. The molecule has 1 saturated carbocycles. The van der Waals surface area contributed by atoms with Crippen LogP contribution in [-0.4, -0.2) is 28.0 Å². The second kappa shape index (κ2) is 8.10. The average molecular weight is 388 g/mol. The number of hydrogen-bond donors (Lipinski definition) is 2. The van der Waals surface area contributed by atoms with Crippen molar-refractivity contribution < 1.29 is 17.9 Å². The molecule has 0 aliphatic heterocycles. The molecular formula is C20H24N2O4S. The number of hydrogen-bond acceptors (Lipinski definition) is 4. The van der Waals surface area contributed by atoms with Gasteiger partial charge >= 0.3 is 0 Å². The van der Waals surface area contributed by atoms with E-state index in [-0.39, 0.29) is 16.8 Å². The van der Waals surface area contributed by atoms with Crippen LogP contribution in [0.3, 0.4) is 0 Å². The van der Waals surface area contributed by atoms with Gasteiger partial charge in [-0.3, -0.25) is 4.79 Å². The van der Waals surface area contributed by atoms with Crippen LogP contribution in [0, 0.1) is 5.92 Å². The van der Waals surface area contributed by atoms with Crippen LogP contribution in [0.5, 0.6) is 5.75 Å². The Hall–Kier alpha value is -2.38. The summed E-state index contributed by atoms with van der Waals surface area (Å²) in [4.78, 5) is 12.9. The average Bonchev–Trinajstić information content (AvgIpc) is 3.51. The minimum atomic E-state index is -3.60. The van der Waals surface area contributed by atoms with E-state index < -0.39 is 10.0 Å². The predicted octanol–water partition coefficient (Wildman–Crippen LogP) is 2.87. The lowest BCUT2D eigenvalue weighted by Crippen LogP contribution is -2.30. The van der Waals surface area contributed by atoms with Gasteiger partial charge in [-0.05, 0) is 54.7 Å². The number of carbonyl (C=O) groups excluding carboxylic acids is 1. The number of carbonyl (C=O) groups is 1. The smallest absolute Gasteiger partial charge is 0.251 e. The first-order chi connectivity index (χ1) is 12.9. The molecule has 1 aliphatic rings. The lowest BCUT2D eigenvalue weighted by molar-refractivity contribution is 0.0931. The summed E-state index contributed by atoms with van der Waals surface area (Å²) in [6, 6.07) is 13.7. The van der Waals surface area contributed by atoms with E-state index in [9.17, 15) is 13.2 Å². The third-order valence-corrected chi connectivity index (χ3v) is 6.14. The van der Waals surface area contributed by atoms with Crippen molar-refractivity contribution in [1.29, 1.82) is 0 Å². The summed E-state index contributed by atoms with van der Waals surface area (Å²) in [5, 5.41) is 3.06. The van der Waals surface area contributed by atoms with E-state index in [0.29, 0.717) is 18.0 Å². The van der Waals surface area contributed by atoms with Gasteiger partial charge in [0, 0.05) is 12.1 Å². The summed E-state index contributed by atoms with van der Waals surface area (Å²) in [5.74, 6) is 0.883. The largest absolute Gasteiger partial charge is 0.497 e. The van der Waals surface area contributed by atoms with E-state index in [4.69, 9.17) is 4.74 Å². The molecule has 2 aromatic rings. The highest BCUT2D eigenvalue weighted by molar-refractivity contribution is 7.89. The molecule has 0 radical (unpaired) electrons. The fraction of sp³-hybridized carbons (Fsp3) is 0.350. The molecule has 0 aromatic heterocycles. The number of amides is 1. The SMILES string of the molecule is CCNS(=O)(=O)c1cccc(C(=O)NC(c2ccc(OC)cc2)C2CC2)c1. The molecule has 1 aliphatic carbocycles. The van der Waals surface area contributed by atoms with Gasteiger partial charge in [0.15, 0.2) is 0 Å². The van der Waals surface area contributed by atoms with Crippen LogP contribution in [0.25, 0.3) is 0 Å². The molecule has 27 heavy (non-hydrogen) atoms. The third-order valence-electron chi connectivity index (χ3n) is 4.60. The van der Waals surface area contributed by atoms with Crippen LogP contribution < -0.4 is 14.8 Å². The summed E-state index contributed by atoms with van der Waals surface area (Å²) in [5.41, 5.74) is 1.34. The van der Waals surface area contributed by atoms with Crippen LogP contribution in [0.4, 0.5) is 0 Å². The van der Waals surface area contributed by atoms with E-state index in [1.165, 1.54) is 12.1 Å². The quantitative estimate of drug-likeness (QED) is 0.728. The first-order valence-electron chi connectivity index (χ1n) is 8.99. The second-order valence-electron chi connectivity index (χ2n) is 6.59. The number of ether oxygens (including phenoxy) is 1. The highest BCUT2D eigenvalue weighted by Gasteiger charge is 2.33. The molecule has 0 spiro atoms. The minimum absolute atomic E-state index is 0.0874. The number of sulfonamides is 1. The summed E-state index contributed by atoms with van der Waals surface area (Å²) >= 11 is 0. The van der Waals surface area contributed by atoms with Gasteiger partial charge in [-0.15, -0.1) is 0 Å². The molecule has 2 N–H and O–H groups in total. The van der Waals surface area contributed by atoms with Crippen molar-refractivity contribution in [2.75, 3.05) is 13.7 Å². The van der Waals surface area contributed by atoms with Crippen molar-refractivity contribution >= 4 is 15.9 Å². The fourth-order valence-electron chi connectivity index (χ4n) is 3.02. The van der Waals surface area contributed by atoms with Crippen molar-refractivity contribution in [2.24, 2.45) is 5.92 Å². The van der Waals surface area contributed by atoms with Crippen LogP contribution in [0.1, 0.15) is 41.7 Å². The predicted molar refractivity (Wildman–Crippen MR) is 103 cm³/mol.